The molecule has 0 saturated heterocycles. The average molecular weight is 204 g/mol. The maximum absolute atomic E-state index is 11.0. The van der Waals surface area contributed by atoms with Gasteiger partial charge >= 0.3 is 0 Å². The molecule has 0 bridgehead atoms. The van der Waals surface area contributed by atoms with Gasteiger partial charge in [-0.05, 0) is 31.7 Å². The highest BCUT2D eigenvalue weighted by Gasteiger charge is 1.98. The summed E-state index contributed by atoms with van der Waals surface area (Å²) in [5, 5.41) is 0. The first kappa shape index (κ1) is 11.6. The van der Waals surface area contributed by atoms with Crippen molar-refractivity contribution >= 4 is 12.1 Å². The predicted octanol–water partition coefficient (Wildman–Crippen LogP) is 2.80. The third kappa shape index (κ3) is 4.07. The summed E-state index contributed by atoms with van der Waals surface area (Å²) in [5.41, 5.74) is 1.98. The number of unbranched alkanes of at least 4 members (excludes halogenated alkanes) is 2. The van der Waals surface area contributed by atoms with Crippen LogP contribution in [0.2, 0.25) is 0 Å². The van der Waals surface area contributed by atoms with Crippen molar-refractivity contribution in [1.29, 1.82) is 0 Å². The molecule has 0 aliphatic rings. The number of rotatable bonds is 6. The van der Waals surface area contributed by atoms with E-state index in [1.807, 2.05) is 24.3 Å². The lowest BCUT2D eigenvalue weighted by atomic mass is 10.0. The summed E-state index contributed by atoms with van der Waals surface area (Å²) < 4.78 is 0. The number of carbonyl (C=O) groups is 2. The Bertz CT molecular complexity index is 325. The van der Waals surface area contributed by atoms with Crippen molar-refractivity contribution in [3.8, 4) is 0 Å². The molecule has 2 heteroatoms. The summed E-state index contributed by atoms with van der Waals surface area (Å²) in [7, 11) is 0. The van der Waals surface area contributed by atoms with Gasteiger partial charge in [-0.25, -0.2) is 0 Å². The fourth-order valence-electron chi connectivity index (χ4n) is 1.46. The molecule has 0 heterocycles. The summed E-state index contributed by atoms with van der Waals surface area (Å²) in [6.45, 7) is 1.57. The van der Waals surface area contributed by atoms with Gasteiger partial charge in [0.05, 0.1) is 0 Å². The van der Waals surface area contributed by atoms with Gasteiger partial charge in [0, 0.05) is 12.0 Å². The van der Waals surface area contributed by atoms with Crippen LogP contribution in [0.25, 0.3) is 0 Å². The first-order valence-corrected chi connectivity index (χ1v) is 5.27. The molecule has 80 valence electrons. The Hall–Kier alpha value is -1.44. The number of aryl methyl sites for hydroxylation is 1. The van der Waals surface area contributed by atoms with Crippen LogP contribution >= 0.6 is 0 Å². The molecule has 0 aromatic heterocycles. The minimum absolute atomic E-state index is 0.0995. The van der Waals surface area contributed by atoms with E-state index in [2.05, 4.69) is 0 Å². The quantitative estimate of drug-likeness (QED) is 0.405. The molecule has 0 fully saturated rings. The third-order valence-corrected chi connectivity index (χ3v) is 2.40. The lowest BCUT2D eigenvalue weighted by Gasteiger charge is -2.01. The van der Waals surface area contributed by atoms with Crippen molar-refractivity contribution in [3.63, 3.8) is 0 Å². The molecule has 0 N–H and O–H groups in total. The standard InChI is InChI=1S/C13H16O2/c1-11(15)13-8-6-12(7-9-13)5-3-2-4-10-14/h6-10H,2-5H2,1H3. The van der Waals surface area contributed by atoms with Crippen LogP contribution in [0, 0.1) is 0 Å². The predicted molar refractivity (Wildman–Crippen MR) is 60.1 cm³/mol. The van der Waals surface area contributed by atoms with Gasteiger partial charge in [0.1, 0.15) is 6.29 Å². The molecule has 0 unspecified atom stereocenters. The summed E-state index contributed by atoms with van der Waals surface area (Å²) in [5.74, 6) is 0.0995. The van der Waals surface area contributed by atoms with Crippen LogP contribution in [-0.4, -0.2) is 12.1 Å². The van der Waals surface area contributed by atoms with Crippen molar-refractivity contribution in [2.45, 2.75) is 32.6 Å². The summed E-state index contributed by atoms with van der Waals surface area (Å²) in [4.78, 5) is 21.1. The van der Waals surface area contributed by atoms with Crippen molar-refractivity contribution in [1.82, 2.24) is 0 Å². The number of hydrogen-bond acceptors (Lipinski definition) is 2. The Balaban J connectivity index is 2.42. The van der Waals surface area contributed by atoms with Crippen molar-refractivity contribution in [2.75, 3.05) is 0 Å². The van der Waals surface area contributed by atoms with E-state index >= 15 is 0 Å². The van der Waals surface area contributed by atoms with Crippen LogP contribution in [0.5, 0.6) is 0 Å². The highest BCUT2D eigenvalue weighted by Crippen LogP contribution is 2.08. The van der Waals surface area contributed by atoms with Crippen LogP contribution < -0.4 is 0 Å². The molecule has 0 aliphatic carbocycles. The highest BCUT2D eigenvalue weighted by atomic mass is 16.1. The van der Waals surface area contributed by atoms with E-state index in [9.17, 15) is 9.59 Å². The third-order valence-electron chi connectivity index (χ3n) is 2.40. The Morgan fingerprint density at radius 1 is 1.20 bits per heavy atom. The Morgan fingerprint density at radius 3 is 2.40 bits per heavy atom. The number of carbonyl (C=O) groups excluding carboxylic acids is 2. The molecule has 0 aliphatic heterocycles. The van der Waals surface area contributed by atoms with E-state index < -0.39 is 0 Å². The zero-order valence-corrected chi connectivity index (χ0v) is 9.03. The molecule has 0 atom stereocenters. The maximum Gasteiger partial charge on any atom is 0.159 e. The van der Waals surface area contributed by atoms with Crippen molar-refractivity contribution in [2.24, 2.45) is 0 Å². The minimum Gasteiger partial charge on any atom is -0.303 e. The topological polar surface area (TPSA) is 34.1 Å². The number of aldehydes is 1. The summed E-state index contributed by atoms with van der Waals surface area (Å²) in [6.07, 6.45) is 4.55. The van der Waals surface area contributed by atoms with E-state index in [0.717, 1.165) is 31.1 Å². The van der Waals surface area contributed by atoms with E-state index in [1.165, 1.54) is 5.56 Å². The molecule has 0 amide bonds. The summed E-state index contributed by atoms with van der Waals surface area (Å²) in [6, 6.07) is 7.68. The molecule has 15 heavy (non-hydrogen) atoms. The van der Waals surface area contributed by atoms with Crippen LogP contribution in [0.3, 0.4) is 0 Å². The molecule has 0 saturated carbocycles. The van der Waals surface area contributed by atoms with Gasteiger partial charge < -0.3 is 4.79 Å². The molecule has 1 aromatic carbocycles. The van der Waals surface area contributed by atoms with Crippen LogP contribution in [0.1, 0.15) is 42.1 Å². The molecular weight excluding hydrogens is 188 g/mol. The van der Waals surface area contributed by atoms with E-state index in [4.69, 9.17) is 0 Å². The number of ketones is 1. The lowest BCUT2D eigenvalue weighted by molar-refractivity contribution is -0.107. The van der Waals surface area contributed by atoms with Crippen LogP contribution in [0.15, 0.2) is 24.3 Å². The molecule has 0 spiro atoms. The minimum atomic E-state index is 0.0995. The van der Waals surface area contributed by atoms with Gasteiger partial charge in [-0.1, -0.05) is 24.3 Å². The van der Waals surface area contributed by atoms with E-state index in [-0.39, 0.29) is 5.78 Å². The smallest absolute Gasteiger partial charge is 0.159 e. The van der Waals surface area contributed by atoms with Gasteiger partial charge in [-0.15, -0.1) is 0 Å². The Kier molecular flexibility index (Phi) is 4.75. The molecule has 2 nitrogen and oxygen atoms in total. The molecule has 0 radical (unpaired) electrons. The van der Waals surface area contributed by atoms with Crippen molar-refractivity contribution in [3.05, 3.63) is 35.4 Å². The number of hydrogen-bond donors (Lipinski definition) is 0. The second-order valence-electron chi connectivity index (χ2n) is 3.67. The fourth-order valence-corrected chi connectivity index (χ4v) is 1.46. The van der Waals surface area contributed by atoms with Gasteiger partial charge in [-0.3, -0.25) is 4.79 Å². The Labute approximate surface area is 90.3 Å². The maximum atomic E-state index is 11.0. The number of Topliss-reactive ketones (excluding diaryl/α,β-unsaturated/α-hetero) is 1. The highest BCUT2D eigenvalue weighted by molar-refractivity contribution is 5.93. The van der Waals surface area contributed by atoms with Crippen LogP contribution in [0.4, 0.5) is 0 Å². The second-order valence-corrected chi connectivity index (χ2v) is 3.67. The monoisotopic (exact) mass is 204 g/mol. The van der Waals surface area contributed by atoms with E-state index in [1.54, 1.807) is 6.92 Å². The first-order valence-electron chi connectivity index (χ1n) is 5.27. The lowest BCUT2D eigenvalue weighted by Crippen LogP contribution is -1.92. The normalized spacial score (nSPS) is 9.93. The van der Waals surface area contributed by atoms with Crippen molar-refractivity contribution < 1.29 is 9.59 Å². The summed E-state index contributed by atoms with van der Waals surface area (Å²) >= 11 is 0. The molecule has 1 aromatic rings. The number of benzene rings is 1. The second kappa shape index (κ2) is 6.12. The van der Waals surface area contributed by atoms with Crippen LogP contribution in [-0.2, 0) is 11.2 Å². The zero-order valence-electron chi connectivity index (χ0n) is 9.03. The Morgan fingerprint density at radius 2 is 1.87 bits per heavy atom. The molecular formula is C13H16O2. The van der Waals surface area contributed by atoms with Gasteiger partial charge in [0.25, 0.3) is 0 Å². The molecule has 1 rings (SSSR count). The SMILES string of the molecule is CC(=O)c1ccc(CCCCC=O)cc1. The fraction of sp³-hybridized carbons (Fsp3) is 0.385. The van der Waals surface area contributed by atoms with Gasteiger partial charge in [0.2, 0.25) is 0 Å². The van der Waals surface area contributed by atoms with Gasteiger partial charge in [0.15, 0.2) is 5.78 Å². The van der Waals surface area contributed by atoms with E-state index in [0.29, 0.717) is 6.42 Å². The largest absolute Gasteiger partial charge is 0.303 e. The van der Waals surface area contributed by atoms with Gasteiger partial charge in [-0.2, -0.15) is 0 Å². The first-order chi connectivity index (χ1) is 7.24. The average Bonchev–Trinajstić information content (AvgIpc) is 2.25. The zero-order chi connectivity index (χ0) is 11.1.